The monoisotopic (exact) mass is 511 g/mol. The molecule has 0 aliphatic carbocycles. The number of hydrogen-bond donors (Lipinski definition) is 2. The topological polar surface area (TPSA) is 113 Å². The molecule has 2 N–H and O–H groups in total. The molecule has 10 heteroatoms. The molecule has 3 aromatic carbocycles. The summed E-state index contributed by atoms with van der Waals surface area (Å²) < 4.78 is 33.2. The van der Waals surface area contributed by atoms with Crippen LogP contribution >= 0.6 is 11.6 Å². The average molecular weight is 512 g/mol. The minimum absolute atomic E-state index is 0.142. The zero-order valence-electron chi connectivity index (χ0n) is 18.8. The van der Waals surface area contributed by atoms with Crippen LogP contribution in [0, 0.1) is 6.92 Å². The number of nitrogens with zero attached hydrogens (tertiary/aromatic N) is 2. The number of benzene rings is 3. The minimum Gasteiger partial charge on any atom is -0.465 e. The lowest BCUT2D eigenvalue weighted by Gasteiger charge is -2.27. The molecule has 4 aromatic rings. The third kappa shape index (κ3) is 5.01. The van der Waals surface area contributed by atoms with E-state index in [1.165, 1.54) is 12.1 Å². The average Bonchev–Trinajstić information content (AvgIpc) is 3.21. The molecule has 0 radical (unpaired) electrons. The summed E-state index contributed by atoms with van der Waals surface area (Å²) in [6.45, 7) is 3.38. The van der Waals surface area contributed by atoms with E-state index in [9.17, 15) is 18.3 Å². The van der Waals surface area contributed by atoms with Crippen LogP contribution < -0.4 is 9.62 Å². The van der Waals surface area contributed by atoms with Crippen LogP contribution in [0.5, 0.6) is 0 Å². The molecule has 1 amide bonds. The van der Waals surface area contributed by atoms with Crippen LogP contribution in [0.4, 0.5) is 16.2 Å². The van der Waals surface area contributed by atoms with E-state index >= 15 is 0 Å². The van der Waals surface area contributed by atoms with Crippen LogP contribution in [-0.2, 0) is 10.0 Å². The molecule has 0 aliphatic rings. The Hall–Kier alpha value is -3.82. The number of carboxylic acid groups (broad SMARTS) is 1. The minimum atomic E-state index is -3.75. The summed E-state index contributed by atoms with van der Waals surface area (Å²) in [7, 11) is -3.75. The Morgan fingerprint density at radius 3 is 2.29 bits per heavy atom. The molecule has 0 saturated carbocycles. The molecule has 4 rings (SSSR count). The molecule has 1 atom stereocenters. The van der Waals surface area contributed by atoms with E-state index in [0.29, 0.717) is 27.5 Å². The Balaban J connectivity index is 1.67. The first-order chi connectivity index (χ1) is 16.7. The number of anilines is 2. The van der Waals surface area contributed by atoms with Gasteiger partial charge in [-0.25, -0.2) is 13.2 Å². The van der Waals surface area contributed by atoms with E-state index in [1.54, 1.807) is 80.6 Å². The first-order valence-electron chi connectivity index (χ1n) is 10.6. The summed E-state index contributed by atoms with van der Waals surface area (Å²) in [5, 5.41) is 14.5. The van der Waals surface area contributed by atoms with E-state index in [4.69, 9.17) is 16.1 Å². The summed E-state index contributed by atoms with van der Waals surface area (Å²) in [6, 6.07) is 20.8. The van der Waals surface area contributed by atoms with Crippen molar-refractivity contribution in [2.45, 2.75) is 24.8 Å². The Kier molecular flexibility index (Phi) is 6.81. The highest BCUT2D eigenvalue weighted by molar-refractivity contribution is 7.92. The molecule has 0 aliphatic heterocycles. The van der Waals surface area contributed by atoms with Gasteiger partial charge in [-0.15, -0.1) is 0 Å². The van der Waals surface area contributed by atoms with Gasteiger partial charge in [0.05, 0.1) is 10.9 Å². The molecule has 0 bridgehead atoms. The maximum atomic E-state index is 12.6. The first-order valence-corrected chi connectivity index (χ1v) is 12.5. The lowest BCUT2D eigenvalue weighted by molar-refractivity contribution is 0.199. The lowest BCUT2D eigenvalue weighted by Crippen LogP contribution is -2.33. The van der Waals surface area contributed by atoms with Crippen molar-refractivity contribution in [2.24, 2.45) is 0 Å². The highest BCUT2D eigenvalue weighted by Gasteiger charge is 2.31. The highest BCUT2D eigenvalue weighted by atomic mass is 35.5. The van der Waals surface area contributed by atoms with E-state index in [2.05, 4.69) is 9.88 Å². The molecule has 180 valence electrons. The second-order valence-corrected chi connectivity index (χ2v) is 9.88. The van der Waals surface area contributed by atoms with Crippen LogP contribution in [0.1, 0.15) is 24.2 Å². The lowest BCUT2D eigenvalue weighted by atomic mass is 10.0. The molecule has 1 aromatic heterocycles. The summed E-state index contributed by atoms with van der Waals surface area (Å²) in [5.41, 5.74) is 2.17. The van der Waals surface area contributed by atoms with Crippen LogP contribution in [0.3, 0.4) is 0 Å². The van der Waals surface area contributed by atoms with Crippen molar-refractivity contribution in [1.29, 1.82) is 0 Å². The van der Waals surface area contributed by atoms with E-state index in [1.807, 2.05) is 0 Å². The Morgan fingerprint density at radius 1 is 1.03 bits per heavy atom. The highest BCUT2D eigenvalue weighted by Crippen LogP contribution is 2.40. The van der Waals surface area contributed by atoms with Crippen LogP contribution in [0.25, 0.3) is 11.3 Å². The summed E-state index contributed by atoms with van der Waals surface area (Å²) >= 11 is 6.33. The van der Waals surface area contributed by atoms with Gasteiger partial charge in [-0.2, -0.15) is 0 Å². The number of aromatic nitrogens is 1. The van der Waals surface area contributed by atoms with Crippen LogP contribution in [0.2, 0.25) is 5.02 Å². The van der Waals surface area contributed by atoms with Gasteiger partial charge in [-0.05, 0) is 61.9 Å². The van der Waals surface area contributed by atoms with E-state index < -0.39 is 22.2 Å². The van der Waals surface area contributed by atoms with E-state index in [-0.39, 0.29) is 16.3 Å². The van der Waals surface area contributed by atoms with E-state index in [0.717, 1.165) is 4.90 Å². The third-order valence-corrected chi connectivity index (χ3v) is 7.22. The molecular weight excluding hydrogens is 490 g/mol. The van der Waals surface area contributed by atoms with Crippen molar-refractivity contribution < 1.29 is 22.8 Å². The number of hydrogen-bond acceptors (Lipinski definition) is 5. The molecule has 1 heterocycles. The Bertz CT molecular complexity index is 1450. The predicted octanol–water partition coefficient (Wildman–Crippen LogP) is 6.35. The van der Waals surface area contributed by atoms with Gasteiger partial charge in [0.1, 0.15) is 11.4 Å². The summed E-state index contributed by atoms with van der Waals surface area (Å²) in [5.74, 6) is 0.237. The third-order valence-electron chi connectivity index (χ3n) is 5.47. The normalized spacial score (nSPS) is 12.2. The van der Waals surface area contributed by atoms with Gasteiger partial charge in [0, 0.05) is 16.3 Å². The quantitative estimate of drug-likeness (QED) is 0.299. The van der Waals surface area contributed by atoms with Gasteiger partial charge in [0.15, 0.2) is 5.76 Å². The molecule has 0 saturated heterocycles. The van der Waals surface area contributed by atoms with Crippen LogP contribution in [-0.4, -0.2) is 24.8 Å². The summed E-state index contributed by atoms with van der Waals surface area (Å²) in [4.78, 5) is 13.6. The van der Waals surface area contributed by atoms with Crippen molar-refractivity contribution in [2.75, 3.05) is 9.62 Å². The number of carbonyl (C=O) groups is 1. The number of nitrogens with one attached hydrogen (secondary N) is 1. The molecule has 0 fully saturated rings. The molecule has 0 spiro atoms. The Morgan fingerprint density at radius 2 is 1.66 bits per heavy atom. The number of aryl methyl sites for hydroxylation is 1. The van der Waals surface area contributed by atoms with Crippen molar-refractivity contribution in [1.82, 2.24) is 5.16 Å². The van der Waals surface area contributed by atoms with Gasteiger partial charge in [-0.1, -0.05) is 53.2 Å². The maximum Gasteiger partial charge on any atom is 0.412 e. The fourth-order valence-electron chi connectivity index (χ4n) is 3.75. The fraction of sp³-hybridized carbons (Fsp3) is 0.120. The van der Waals surface area contributed by atoms with Gasteiger partial charge in [-0.3, -0.25) is 9.62 Å². The number of amides is 1. The second kappa shape index (κ2) is 9.81. The molecule has 8 nitrogen and oxygen atoms in total. The SMILES string of the molecule is Cc1noc(-c2ccc(NS(=O)(=O)c3ccccc3)cc2)c1N(C(=O)O)C(C)c1ccccc1Cl. The van der Waals surface area contributed by atoms with Crippen LogP contribution in [0.15, 0.2) is 88.3 Å². The van der Waals surface area contributed by atoms with Gasteiger partial charge < -0.3 is 9.63 Å². The second-order valence-electron chi connectivity index (χ2n) is 7.79. The van der Waals surface area contributed by atoms with Crippen molar-refractivity contribution in [3.05, 3.63) is 95.1 Å². The van der Waals surface area contributed by atoms with Gasteiger partial charge in [0.2, 0.25) is 0 Å². The first kappa shape index (κ1) is 24.3. The number of halogens is 1. The maximum absolute atomic E-state index is 12.6. The fourth-order valence-corrected chi connectivity index (χ4v) is 5.12. The smallest absolute Gasteiger partial charge is 0.412 e. The van der Waals surface area contributed by atoms with Crippen molar-refractivity contribution >= 4 is 39.1 Å². The summed E-state index contributed by atoms with van der Waals surface area (Å²) in [6.07, 6.45) is -1.20. The van der Waals surface area contributed by atoms with Crippen molar-refractivity contribution in [3.63, 3.8) is 0 Å². The standard InChI is InChI=1S/C25H22ClN3O5S/c1-16-23(29(25(30)31)17(2)21-10-6-7-11-22(21)26)24(34-27-16)18-12-14-19(15-13-18)28-35(32,33)20-8-4-3-5-9-20/h3-15,17,28H,1-2H3,(H,30,31). The molecule has 35 heavy (non-hydrogen) atoms. The Labute approximate surface area is 207 Å². The number of rotatable bonds is 7. The molecule has 1 unspecified atom stereocenters. The predicted molar refractivity (Wildman–Crippen MR) is 134 cm³/mol. The van der Waals surface area contributed by atoms with Crippen molar-refractivity contribution in [3.8, 4) is 11.3 Å². The zero-order valence-corrected chi connectivity index (χ0v) is 20.4. The zero-order chi connectivity index (χ0) is 25.2. The molecular formula is C25H22ClN3O5S. The largest absolute Gasteiger partial charge is 0.465 e. The van der Waals surface area contributed by atoms with Gasteiger partial charge >= 0.3 is 6.09 Å². The number of sulfonamides is 1. The van der Waals surface area contributed by atoms with Gasteiger partial charge in [0.25, 0.3) is 10.0 Å².